The van der Waals surface area contributed by atoms with Crippen LogP contribution in [-0.2, 0) is 9.53 Å². The number of esters is 1. The Morgan fingerprint density at radius 1 is 1.26 bits per heavy atom. The lowest BCUT2D eigenvalue weighted by Gasteiger charge is -2.18. The van der Waals surface area contributed by atoms with E-state index < -0.39 is 11.9 Å². The Labute approximate surface area is 136 Å². The molecule has 0 aliphatic heterocycles. The highest BCUT2D eigenvalue weighted by Crippen LogP contribution is 2.12. The minimum atomic E-state index is -0.520. The standard InChI is InChI=1S/C17H21N3O3/c1-5-23-16(22)12-6-8-14(9-7-12)20-15(21)13(10-18)11-19-17(2,3)4/h6-9,11,19H,5H2,1-4H3,(H,20,21)/b13-11-. The third-order valence-corrected chi connectivity index (χ3v) is 2.67. The van der Waals surface area contributed by atoms with Crippen molar-refractivity contribution in [2.45, 2.75) is 33.2 Å². The Balaban J connectivity index is 2.77. The van der Waals surface area contributed by atoms with Gasteiger partial charge < -0.3 is 15.4 Å². The second-order valence-corrected chi connectivity index (χ2v) is 5.82. The first kappa shape index (κ1) is 18.2. The zero-order valence-corrected chi connectivity index (χ0v) is 13.8. The van der Waals surface area contributed by atoms with Crippen LogP contribution < -0.4 is 10.6 Å². The summed E-state index contributed by atoms with van der Waals surface area (Å²) in [5, 5.41) is 14.6. The molecule has 1 amide bonds. The molecular weight excluding hydrogens is 294 g/mol. The van der Waals surface area contributed by atoms with E-state index in [-0.39, 0.29) is 11.1 Å². The van der Waals surface area contributed by atoms with Crippen molar-refractivity contribution in [2.75, 3.05) is 11.9 Å². The van der Waals surface area contributed by atoms with E-state index in [0.29, 0.717) is 17.9 Å². The number of rotatable bonds is 5. The van der Waals surface area contributed by atoms with Crippen LogP contribution in [0.1, 0.15) is 38.1 Å². The molecule has 0 heterocycles. The molecule has 0 bridgehead atoms. The molecule has 0 saturated carbocycles. The highest BCUT2D eigenvalue weighted by atomic mass is 16.5. The summed E-state index contributed by atoms with van der Waals surface area (Å²) >= 11 is 0. The summed E-state index contributed by atoms with van der Waals surface area (Å²) in [7, 11) is 0. The molecule has 0 unspecified atom stereocenters. The van der Waals surface area contributed by atoms with Gasteiger partial charge >= 0.3 is 5.97 Å². The number of nitriles is 1. The lowest BCUT2D eigenvalue weighted by molar-refractivity contribution is -0.112. The predicted octanol–water partition coefficient (Wildman–Crippen LogP) is 2.60. The third-order valence-electron chi connectivity index (χ3n) is 2.67. The molecule has 0 saturated heterocycles. The molecule has 1 rings (SSSR count). The summed E-state index contributed by atoms with van der Waals surface area (Å²) < 4.78 is 4.88. The highest BCUT2D eigenvalue weighted by molar-refractivity contribution is 6.06. The Morgan fingerprint density at radius 2 is 1.87 bits per heavy atom. The first-order valence-electron chi connectivity index (χ1n) is 7.23. The molecule has 23 heavy (non-hydrogen) atoms. The van der Waals surface area contributed by atoms with Crippen LogP contribution in [0, 0.1) is 11.3 Å². The molecule has 1 aromatic carbocycles. The smallest absolute Gasteiger partial charge is 0.338 e. The maximum atomic E-state index is 12.0. The maximum absolute atomic E-state index is 12.0. The molecule has 0 atom stereocenters. The van der Waals surface area contributed by atoms with E-state index in [1.54, 1.807) is 31.2 Å². The van der Waals surface area contributed by atoms with E-state index in [2.05, 4.69) is 10.6 Å². The molecule has 1 aromatic rings. The minimum absolute atomic E-state index is 0.0330. The SMILES string of the molecule is CCOC(=O)c1ccc(NC(=O)/C(C#N)=C\NC(C)(C)C)cc1. The number of nitrogens with zero attached hydrogens (tertiary/aromatic N) is 1. The van der Waals surface area contributed by atoms with Gasteiger partial charge in [-0.1, -0.05) is 0 Å². The molecule has 122 valence electrons. The van der Waals surface area contributed by atoms with Gasteiger partial charge in [-0.2, -0.15) is 5.26 Å². The Morgan fingerprint density at radius 3 is 2.35 bits per heavy atom. The highest BCUT2D eigenvalue weighted by Gasteiger charge is 2.13. The van der Waals surface area contributed by atoms with Gasteiger partial charge in [0.15, 0.2) is 0 Å². The van der Waals surface area contributed by atoms with Crippen LogP contribution >= 0.6 is 0 Å². The fourth-order valence-corrected chi connectivity index (χ4v) is 1.54. The van der Waals surface area contributed by atoms with Gasteiger partial charge in [0.25, 0.3) is 5.91 Å². The third kappa shape index (κ3) is 6.22. The van der Waals surface area contributed by atoms with E-state index >= 15 is 0 Å². The van der Waals surface area contributed by atoms with Crippen molar-refractivity contribution in [3.05, 3.63) is 41.6 Å². The number of anilines is 1. The van der Waals surface area contributed by atoms with Gasteiger partial charge in [-0.3, -0.25) is 4.79 Å². The largest absolute Gasteiger partial charge is 0.462 e. The van der Waals surface area contributed by atoms with E-state index in [0.717, 1.165) is 0 Å². The number of hydrogen-bond acceptors (Lipinski definition) is 5. The number of benzene rings is 1. The Kier molecular flexibility index (Phi) is 6.34. The maximum Gasteiger partial charge on any atom is 0.338 e. The van der Waals surface area contributed by atoms with Crippen molar-refractivity contribution in [2.24, 2.45) is 0 Å². The summed E-state index contributed by atoms with van der Waals surface area (Å²) in [5.74, 6) is -0.939. The first-order valence-corrected chi connectivity index (χ1v) is 7.23. The van der Waals surface area contributed by atoms with Gasteiger partial charge in [0, 0.05) is 17.4 Å². The molecule has 2 N–H and O–H groups in total. The average Bonchev–Trinajstić information content (AvgIpc) is 2.47. The zero-order chi connectivity index (χ0) is 17.5. The van der Waals surface area contributed by atoms with Crippen LogP contribution in [-0.4, -0.2) is 24.0 Å². The molecule has 0 aliphatic rings. The van der Waals surface area contributed by atoms with Crippen molar-refractivity contribution in [1.29, 1.82) is 5.26 Å². The fraction of sp³-hybridized carbons (Fsp3) is 0.353. The summed E-state index contributed by atoms with van der Waals surface area (Å²) in [6, 6.07) is 8.12. The van der Waals surface area contributed by atoms with E-state index in [1.165, 1.54) is 6.20 Å². The number of nitrogens with one attached hydrogen (secondary N) is 2. The Hall–Kier alpha value is -2.81. The summed E-state index contributed by atoms with van der Waals surface area (Å²) in [4.78, 5) is 23.6. The van der Waals surface area contributed by atoms with Crippen molar-refractivity contribution >= 4 is 17.6 Å². The zero-order valence-electron chi connectivity index (χ0n) is 13.8. The van der Waals surface area contributed by atoms with Crippen LogP contribution in [0.3, 0.4) is 0 Å². The van der Waals surface area contributed by atoms with Gasteiger partial charge in [-0.25, -0.2) is 4.79 Å². The van der Waals surface area contributed by atoms with Crippen molar-refractivity contribution < 1.29 is 14.3 Å². The molecule has 6 heteroatoms. The monoisotopic (exact) mass is 315 g/mol. The number of ether oxygens (including phenoxy) is 1. The van der Waals surface area contributed by atoms with E-state index in [9.17, 15) is 9.59 Å². The first-order chi connectivity index (χ1) is 10.8. The fourth-order valence-electron chi connectivity index (χ4n) is 1.54. The predicted molar refractivity (Wildman–Crippen MR) is 87.6 cm³/mol. The summed E-state index contributed by atoms with van der Waals surface area (Å²) in [6.45, 7) is 7.79. The normalized spacial score (nSPS) is 11.3. The van der Waals surface area contributed by atoms with Gasteiger partial charge in [0.2, 0.25) is 0 Å². The van der Waals surface area contributed by atoms with E-state index in [4.69, 9.17) is 10.00 Å². The lowest BCUT2D eigenvalue weighted by atomic mass is 10.1. The van der Waals surface area contributed by atoms with Crippen LogP contribution in [0.5, 0.6) is 0 Å². The van der Waals surface area contributed by atoms with E-state index in [1.807, 2.05) is 26.8 Å². The lowest BCUT2D eigenvalue weighted by Crippen LogP contribution is -2.32. The van der Waals surface area contributed by atoms with Crippen LogP contribution in [0.25, 0.3) is 0 Å². The van der Waals surface area contributed by atoms with Crippen molar-refractivity contribution in [3.63, 3.8) is 0 Å². The van der Waals surface area contributed by atoms with Gasteiger partial charge in [0.1, 0.15) is 11.6 Å². The topological polar surface area (TPSA) is 91.2 Å². The number of carbonyl (C=O) groups is 2. The number of amides is 1. The van der Waals surface area contributed by atoms with Gasteiger partial charge in [-0.15, -0.1) is 0 Å². The molecule has 0 radical (unpaired) electrons. The number of carbonyl (C=O) groups excluding carboxylic acids is 2. The minimum Gasteiger partial charge on any atom is -0.462 e. The van der Waals surface area contributed by atoms with Crippen molar-refractivity contribution in [1.82, 2.24) is 5.32 Å². The van der Waals surface area contributed by atoms with Gasteiger partial charge in [-0.05, 0) is 52.0 Å². The molecule has 0 fully saturated rings. The summed E-state index contributed by atoms with van der Waals surface area (Å²) in [6.07, 6.45) is 1.39. The van der Waals surface area contributed by atoms with Crippen LogP contribution in [0.15, 0.2) is 36.0 Å². The molecule has 6 nitrogen and oxygen atoms in total. The molecule has 0 aromatic heterocycles. The van der Waals surface area contributed by atoms with Gasteiger partial charge in [0.05, 0.1) is 12.2 Å². The Bertz CT molecular complexity index is 635. The van der Waals surface area contributed by atoms with Crippen LogP contribution in [0.2, 0.25) is 0 Å². The number of hydrogen-bond donors (Lipinski definition) is 2. The molecular formula is C17H21N3O3. The molecule has 0 aliphatic carbocycles. The molecule has 0 spiro atoms. The second kappa shape index (κ2) is 7.99. The summed E-state index contributed by atoms with van der Waals surface area (Å²) in [5.41, 5.74) is 0.605. The quantitative estimate of drug-likeness (QED) is 0.495. The van der Waals surface area contributed by atoms with Crippen LogP contribution in [0.4, 0.5) is 5.69 Å². The second-order valence-electron chi connectivity index (χ2n) is 5.82. The average molecular weight is 315 g/mol. The van der Waals surface area contributed by atoms with Crippen molar-refractivity contribution in [3.8, 4) is 6.07 Å².